The molecule has 4 nitrogen and oxygen atoms in total. The van der Waals surface area contributed by atoms with E-state index in [1.165, 1.54) is 0 Å². The van der Waals surface area contributed by atoms with Gasteiger partial charge >= 0.3 is 6.18 Å². The van der Waals surface area contributed by atoms with Crippen molar-refractivity contribution in [2.24, 2.45) is 0 Å². The highest BCUT2D eigenvalue weighted by atomic mass is 19.4. The van der Waals surface area contributed by atoms with E-state index in [1.54, 1.807) is 6.20 Å². The number of alkyl halides is 3. The second kappa shape index (κ2) is 6.37. The summed E-state index contributed by atoms with van der Waals surface area (Å²) in [5.41, 5.74) is 1.34. The van der Waals surface area contributed by atoms with Crippen LogP contribution >= 0.6 is 0 Å². The SMILES string of the molecule is O=C(NCc1c(C2CC2)ccc2[nH]ncc12)c1ccc(C(F)(F)F)c(F)c1. The molecule has 0 unspecified atom stereocenters. The van der Waals surface area contributed by atoms with Crippen molar-refractivity contribution in [2.75, 3.05) is 0 Å². The maximum Gasteiger partial charge on any atom is 0.419 e. The van der Waals surface area contributed by atoms with Gasteiger partial charge in [-0.15, -0.1) is 0 Å². The zero-order chi connectivity index (χ0) is 19.2. The lowest BCUT2D eigenvalue weighted by Crippen LogP contribution is -2.24. The Hall–Kier alpha value is -2.90. The van der Waals surface area contributed by atoms with Crippen LogP contribution < -0.4 is 5.32 Å². The Morgan fingerprint density at radius 2 is 2.00 bits per heavy atom. The third-order valence-corrected chi connectivity index (χ3v) is 4.75. The molecule has 4 rings (SSSR count). The second-order valence-electron chi connectivity index (χ2n) is 6.61. The standard InChI is InChI=1S/C19H15F4N3O/c20-16-7-11(3-5-15(16)19(21,22)23)18(27)24-8-13-12(10-1-2-10)4-6-17-14(13)9-25-26-17/h3-7,9-10H,1-2,8H2,(H,24,27)(H,25,26). The molecular weight excluding hydrogens is 362 g/mol. The first-order valence-electron chi connectivity index (χ1n) is 8.44. The molecular formula is C19H15F4N3O. The fourth-order valence-corrected chi connectivity index (χ4v) is 3.22. The first kappa shape index (κ1) is 17.5. The van der Waals surface area contributed by atoms with Crippen molar-refractivity contribution in [3.8, 4) is 0 Å². The van der Waals surface area contributed by atoms with E-state index in [4.69, 9.17) is 0 Å². The summed E-state index contributed by atoms with van der Waals surface area (Å²) < 4.78 is 51.6. The van der Waals surface area contributed by atoms with E-state index in [0.29, 0.717) is 18.1 Å². The van der Waals surface area contributed by atoms with E-state index >= 15 is 0 Å². The van der Waals surface area contributed by atoms with Crippen LogP contribution in [0.25, 0.3) is 10.9 Å². The van der Waals surface area contributed by atoms with Crippen molar-refractivity contribution in [3.05, 3.63) is 64.6 Å². The van der Waals surface area contributed by atoms with E-state index in [1.807, 2.05) is 12.1 Å². The summed E-state index contributed by atoms with van der Waals surface area (Å²) in [6, 6.07) is 6.10. The maximum absolute atomic E-state index is 13.7. The summed E-state index contributed by atoms with van der Waals surface area (Å²) in [5, 5.41) is 10.5. The number of halogens is 4. The molecule has 0 spiro atoms. The molecule has 1 amide bonds. The summed E-state index contributed by atoms with van der Waals surface area (Å²) >= 11 is 0. The van der Waals surface area contributed by atoms with Crippen molar-refractivity contribution < 1.29 is 22.4 Å². The highest BCUT2D eigenvalue weighted by Crippen LogP contribution is 2.43. The predicted octanol–water partition coefficient (Wildman–Crippen LogP) is 4.53. The lowest BCUT2D eigenvalue weighted by atomic mass is 9.99. The Labute approximate surface area is 151 Å². The van der Waals surface area contributed by atoms with Gasteiger partial charge < -0.3 is 5.32 Å². The normalized spacial score (nSPS) is 14.5. The van der Waals surface area contributed by atoms with Gasteiger partial charge in [-0.3, -0.25) is 9.89 Å². The topological polar surface area (TPSA) is 57.8 Å². The summed E-state index contributed by atoms with van der Waals surface area (Å²) in [6.45, 7) is 0.185. The van der Waals surface area contributed by atoms with E-state index < -0.39 is 23.5 Å². The van der Waals surface area contributed by atoms with Crippen LogP contribution in [0.5, 0.6) is 0 Å². The zero-order valence-corrected chi connectivity index (χ0v) is 14.0. The van der Waals surface area contributed by atoms with Gasteiger partial charge in [0.1, 0.15) is 5.82 Å². The number of aromatic amines is 1. The first-order valence-corrected chi connectivity index (χ1v) is 8.44. The number of nitrogens with zero attached hydrogens (tertiary/aromatic N) is 1. The van der Waals surface area contributed by atoms with Gasteiger partial charge in [-0.25, -0.2) is 4.39 Å². The van der Waals surface area contributed by atoms with E-state index in [9.17, 15) is 22.4 Å². The van der Waals surface area contributed by atoms with Crippen LogP contribution in [0.15, 0.2) is 36.5 Å². The molecule has 27 heavy (non-hydrogen) atoms. The highest BCUT2D eigenvalue weighted by molar-refractivity contribution is 5.94. The number of carbonyl (C=O) groups excluding carboxylic acids is 1. The van der Waals surface area contributed by atoms with Crippen molar-refractivity contribution in [3.63, 3.8) is 0 Å². The lowest BCUT2D eigenvalue weighted by Gasteiger charge is -2.13. The molecule has 140 valence electrons. The van der Waals surface area contributed by atoms with Gasteiger partial charge in [0.2, 0.25) is 0 Å². The zero-order valence-electron chi connectivity index (χ0n) is 14.0. The molecule has 2 N–H and O–H groups in total. The molecule has 0 atom stereocenters. The molecule has 0 aliphatic heterocycles. The minimum absolute atomic E-state index is 0.159. The maximum atomic E-state index is 13.7. The number of aromatic nitrogens is 2. The number of hydrogen-bond donors (Lipinski definition) is 2. The van der Waals surface area contributed by atoms with Crippen LogP contribution in [-0.4, -0.2) is 16.1 Å². The molecule has 1 aliphatic carbocycles. The second-order valence-corrected chi connectivity index (χ2v) is 6.61. The largest absolute Gasteiger partial charge is 0.419 e. The monoisotopic (exact) mass is 377 g/mol. The Kier molecular flexibility index (Phi) is 4.13. The number of rotatable bonds is 4. The minimum atomic E-state index is -4.80. The molecule has 2 aromatic carbocycles. The number of nitrogens with one attached hydrogen (secondary N) is 2. The number of benzene rings is 2. The molecule has 1 heterocycles. The lowest BCUT2D eigenvalue weighted by molar-refractivity contribution is -0.140. The number of fused-ring (bicyclic) bond motifs is 1. The Morgan fingerprint density at radius 3 is 2.67 bits per heavy atom. The third-order valence-electron chi connectivity index (χ3n) is 4.75. The fourth-order valence-electron chi connectivity index (χ4n) is 3.22. The summed E-state index contributed by atoms with van der Waals surface area (Å²) in [6.07, 6.45) is -0.960. The molecule has 0 bridgehead atoms. The average molecular weight is 377 g/mol. The fraction of sp³-hybridized carbons (Fsp3) is 0.263. The van der Waals surface area contributed by atoms with Crippen molar-refractivity contribution >= 4 is 16.8 Å². The Bertz CT molecular complexity index is 1020. The van der Waals surface area contributed by atoms with Crippen molar-refractivity contribution in [1.29, 1.82) is 0 Å². The van der Waals surface area contributed by atoms with E-state index in [2.05, 4.69) is 15.5 Å². The summed E-state index contributed by atoms with van der Waals surface area (Å²) in [5.74, 6) is -1.66. The van der Waals surface area contributed by atoms with Gasteiger partial charge in [0.25, 0.3) is 5.91 Å². The van der Waals surface area contributed by atoms with Crippen molar-refractivity contribution in [2.45, 2.75) is 31.5 Å². The van der Waals surface area contributed by atoms with Crippen LogP contribution in [0.1, 0.15) is 45.8 Å². The molecule has 1 aromatic heterocycles. The van der Waals surface area contributed by atoms with Crippen LogP contribution in [-0.2, 0) is 12.7 Å². The molecule has 3 aromatic rings. The van der Waals surface area contributed by atoms with Gasteiger partial charge in [-0.05, 0) is 54.2 Å². The van der Waals surface area contributed by atoms with Gasteiger partial charge in [0.15, 0.2) is 0 Å². The van der Waals surface area contributed by atoms with E-state index in [-0.39, 0.29) is 12.1 Å². The van der Waals surface area contributed by atoms with Crippen LogP contribution in [0.4, 0.5) is 17.6 Å². The molecule has 0 saturated heterocycles. The Morgan fingerprint density at radius 1 is 1.22 bits per heavy atom. The summed E-state index contributed by atoms with van der Waals surface area (Å²) in [7, 11) is 0. The van der Waals surface area contributed by atoms with Gasteiger partial charge in [-0.1, -0.05) is 6.07 Å². The Balaban J connectivity index is 1.57. The number of H-pyrrole nitrogens is 1. The summed E-state index contributed by atoms with van der Waals surface area (Å²) in [4.78, 5) is 12.3. The van der Waals surface area contributed by atoms with Crippen LogP contribution in [0, 0.1) is 5.82 Å². The molecule has 0 radical (unpaired) electrons. The molecule has 1 fully saturated rings. The van der Waals surface area contributed by atoms with Gasteiger partial charge in [0, 0.05) is 17.5 Å². The first-order chi connectivity index (χ1) is 12.8. The smallest absolute Gasteiger partial charge is 0.348 e. The van der Waals surface area contributed by atoms with Crippen LogP contribution in [0.2, 0.25) is 0 Å². The van der Waals surface area contributed by atoms with Gasteiger partial charge in [0.05, 0.1) is 17.3 Å². The van der Waals surface area contributed by atoms with E-state index in [0.717, 1.165) is 40.9 Å². The quantitative estimate of drug-likeness (QED) is 0.657. The third kappa shape index (κ3) is 3.39. The molecule has 1 saturated carbocycles. The number of amides is 1. The van der Waals surface area contributed by atoms with Gasteiger partial charge in [-0.2, -0.15) is 18.3 Å². The average Bonchev–Trinajstić information content (AvgIpc) is 3.34. The minimum Gasteiger partial charge on any atom is -0.348 e. The highest BCUT2D eigenvalue weighted by Gasteiger charge is 2.34. The van der Waals surface area contributed by atoms with Crippen molar-refractivity contribution in [1.82, 2.24) is 15.5 Å². The predicted molar refractivity (Wildman–Crippen MR) is 90.6 cm³/mol. The molecule has 8 heteroatoms. The number of hydrogen-bond acceptors (Lipinski definition) is 2. The molecule has 1 aliphatic rings. The van der Waals surface area contributed by atoms with Crippen LogP contribution in [0.3, 0.4) is 0 Å². The number of carbonyl (C=O) groups is 1.